The van der Waals surface area contributed by atoms with E-state index in [1.165, 1.54) is 12.8 Å². The first-order valence-corrected chi connectivity index (χ1v) is 8.65. The minimum Gasteiger partial charge on any atom is -0.350 e. The molecule has 1 aliphatic rings. The van der Waals surface area contributed by atoms with Crippen LogP contribution in [0.1, 0.15) is 38.2 Å². The molecule has 1 N–H and O–H groups in total. The molecule has 2 rings (SSSR count). The minimum absolute atomic E-state index is 0.0621. The molecule has 0 heterocycles. The zero-order valence-electron chi connectivity index (χ0n) is 11.8. The molecule has 1 aromatic carbocycles. The highest BCUT2D eigenvalue weighted by molar-refractivity contribution is 9.09. The number of hydrogen-bond acceptors (Lipinski definition) is 1. The van der Waals surface area contributed by atoms with E-state index in [0.717, 1.165) is 29.7 Å². The van der Waals surface area contributed by atoms with Gasteiger partial charge in [-0.1, -0.05) is 52.7 Å². The Labute approximate surface area is 134 Å². The molecule has 1 aromatic rings. The summed E-state index contributed by atoms with van der Waals surface area (Å²) in [7, 11) is 0. The molecule has 0 aliphatic heterocycles. The van der Waals surface area contributed by atoms with E-state index in [1.54, 1.807) is 0 Å². The molecule has 1 saturated carbocycles. The number of nitrogens with one attached hydrogen (secondary N) is 1. The fourth-order valence-electron chi connectivity index (χ4n) is 2.76. The molecule has 0 atom stereocenters. The van der Waals surface area contributed by atoms with Crippen molar-refractivity contribution in [2.45, 2.75) is 44.6 Å². The van der Waals surface area contributed by atoms with Crippen LogP contribution in [0.3, 0.4) is 0 Å². The second kappa shape index (κ2) is 6.95. The van der Waals surface area contributed by atoms with E-state index in [1.807, 2.05) is 24.3 Å². The Hall–Kier alpha value is -0.540. The first-order chi connectivity index (χ1) is 9.54. The molecule has 0 aromatic heterocycles. The summed E-state index contributed by atoms with van der Waals surface area (Å²) in [5, 5.41) is 4.71. The average Bonchev–Trinajstić information content (AvgIpc) is 2.44. The first-order valence-electron chi connectivity index (χ1n) is 7.15. The van der Waals surface area contributed by atoms with Crippen LogP contribution in [0.15, 0.2) is 24.3 Å². The molecular formula is C16H21BrClNO. The molecule has 0 radical (unpaired) electrons. The number of hydrogen-bond donors (Lipinski definition) is 1. The molecule has 1 fully saturated rings. The van der Waals surface area contributed by atoms with Gasteiger partial charge in [0.1, 0.15) is 0 Å². The predicted octanol–water partition coefficient (Wildman–Crippen LogP) is 4.34. The quantitative estimate of drug-likeness (QED) is 0.797. The lowest BCUT2D eigenvalue weighted by Gasteiger charge is -2.39. The van der Waals surface area contributed by atoms with E-state index in [0.29, 0.717) is 11.4 Å². The van der Waals surface area contributed by atoms with Gasteiger partial charge >= 0.3 is 0 Å². The number of alkyl halides is 1. The summed E-state index contributed by atoms with van der Waals surface area (Å²) >= 11 is 9.69. The summed E-state index contributed by atoms with van der Waals surface area (Å²) < 4.78 is 0. The summed E-state index contributed by atoms with van der Waals surface area (Å²) in [6, 6.07) is 7.53. The summed E-state index contributed by atoms with van der Waals surface area (Å²) in [5.41, 5.74) is 0.811. The Morgan fingerprint density at radius 2 is 2.05 bits per heavy atom. The fraction of sp³-hybridized carbons (Fsp3) is 0.562. The van der Waals surface area contributed by atoms with Gasteiger partial charge in [-0.15, -0.1) is 0 Å². The molecular weight excluding hydrogens is 338 g/mol. The zero-order chi connectivity index (χ0) is 14.6. The van der Waals surface area contributed by atoms with Crippen LogP contribution >= 0.6 is 27.5 Å². The van der Waals surface area contributed by atoms with Gasteiger partial charge in [0, 0.05) is 15.9 Å². The minimum atomic E-state index is -0.0785. The van der Waals surface area contributed by atoms with Gasteiger partial charge in [-0.25, -0.2) is 0 Å². The number of benzene rings is 1. The maximum Gasteiger partial charge on any atom is 0.224 e. The number of carbonyl (C=O) groups excluding carboxylic acids is 1. The van der Waals surface area contributed by atoms with Crippen molar-refractivity contribution in [2.24, 2.45) is 5.92 Å². The highest BCUT2D eigenvalue weighted by atomic mass is 79.9. The van der Waals surface area contributed by atoms with Gasteiger partial charge in [-0.3, -0.25) is 4.79 Å². The van der Waals surface area contributed by atoms with E-state index in [4.69, 9.17) is 11.6 Å². The zero-order valence-corrected chi connectivity index (χ0v) is 14.1. The van der Waals surface area contributed by atoms with E-state index in [-0.39, 0.29) is 11.4 Å². The summed E-state index contributed by atoms with van der Waals surface area (Å²) in [4.78, 5) is 12.3. The standard InChI is InChI=1S/C16H21BrClNO/c1-12-6-8-16(11-17,9-7-12)19-15(20)10-13-4-2-3-5-14(13)18/h2-5,12H,6-11H2,1H3,(H,19,20). The Morgan fingerprint density at radius 3 is 2.65 bits per heavy atom. The molecule has 20 heavy (non-hydrogen) atoms. The van der Waals surface area contributed by atoms with Crippen LogP contribution in [0.5, 0.6) is 0 Å². The predicted molar refractivity (Wildman–Crippen MR) is 87.5 cm³/mol. The van der Waals surface area contributed by atoms with Gasteiger partial charge in [0.15, 0.2) is 0 Å². The molecule has 2 nitrogen and oxygen atoms in total. The highest BCUT2D eigenvalue weighted by Gasteiger charge is 2.34. The lowest BCUT2D eigenvalue weighted by atomic mass is 9.78. The molecule has 1 aliphatic carbocycles. The Bertz CT molecular complexity index is 469. The van der Waals surface area contributed by atoms with E-state index >= 15 is 0 Å². The van der Waals surface area contributed by atoms with Gasteiger partial charge in [-0.05, 0) is 43.2 Å². The van der Waals surface area contributed by atoms with Gasteiger partial charge < -0.3 is 5.32 Å². The molecule has 0 bridgehead atoms. The Kier molecular flexibility index (Phi) is 5.50. The highest BCUT2D eigenvalue weighted by Crippen LogP contribution is 2.33. The van der Waals surface area contributed by atoms with Crippen molar-refractivity contribution in [2.75, 3.05) is 5.33 Å². The van der Waals surface area contributed by atoms with Crippen molar-refractivity contribution in [3.8, 4) is 0 Å². The molecule has 4 heteroatoms. The van der Waals surface area contributed by atoms with Crippen molar-refractivity contribution in [1.82, 2.24) is 5.32 Å². The van der Waals surface area contributed by atoms with Crippen LogP contribution in [0.25, 0.3) is 0 Å². The van der Waals surface area contributed by atoms with Crippen molar-refractivity contribution >= 4 is 33.4 Å². The summed E-state index contributed by atoms with van der Waals surface area (Å²) in [6.07, 6.45) is 4.81. The van der Waals surface area contributed by atoms with Gasteiger partial charge in [0.05, 0.1) is 6.42 Å². The lowest BCUT2D eigenvalue weighted by molar-refractivity contribution is -0.122. The van der Waals surface area contributed by atoms with E-state index in [9.17, 15) is 4.79 Å². The molecule has 0 unspecified atom stereocenters. The topological polar surface area (TPSA) is 29.1 Å². The number of rotatable bonds is 4. The van der Waals surface area contributed by atoms with Crippen LogP contribution in [0.4, 0.5) is 0 Å². The van der Waals surface area contributed by atoms with Crippen molar-refractivity contribution in [3.63, 3.8) is 0 Å². The second-order valence-corrected chi connectivity index (χ2v) is 6.88. The molecule has 110 valence electrons. The second-order valence-electron chi connectivity index (χ2n) is 5.91. The number of amides is 1. The largest absolute Gasteiger partial charge is 0.350 e. The third kappa shape index (κ3) is 3.98. The van der Waals surface area contributed by atoms with Crippen LogP contribution in [-0.2, 0) is 11.2 Å². The van der Waals surface area contributed by atoms with E-state index in [2.05, 4.69) is 28.2 Å². The number of carbonyl (C=O) groups is 1. The third-order valence-corrected chi connectivity index (χ3v) is 5.64. The summed E-state index contributed by atoms with van der Waals surface area (Å²) in [5.74, 6) is 0.828. The average molecular weight is 359 g/mol. The van der Waals surface area contributed by atoms with Crippen LogP contribution in [-0.4, -0.2) is 16.8 Å². The maximum absolute atomic E-state index is 12.3. The Balaban J connectivity index is 1.98. The third-order valence-electron chi connectivity index (χ3n) is 4.20. The summed E-state index contributed by atoms with van der Waals surface area (Å²) in [6.45, 7) is 2.28. The van der Waals surface area contributed by atoms with Crippen LogP contribution in [0.2, 0.25) is 5.02 Å². The van der Waals surface area contributed by atoms with Crippen LogP contribution < -0.4 is 5.32 Å². The van der Waals surface area contributed by atoms with Crippen molar-refractivity contribution in [3.05, 3.63) is 34.9 Å². The fourth-order valence-corrected chi connectivity index (χ4v) is 3.66. The SMILES string of the molecule is CC1CCC(CBr)(NC(=O)Cc2ccccc2Cl)CC1. The smallest absolute Gasteiger partial charge is 0.224 e. The normalized spacial score (nSPS) is 26.2. The monoisotopic (exact) mass is 357 g/mol. The van der Waals surface area contributed by atoms with Gasteiger partial charge in [0.25, 0.3) is 0 Å². The van der Waals surface area contributed by atoms with Crippen molar-refractivity contribution < 1.29 is 4.79 Å². The molecule has 0 saturated heterocycles. The van der Waals surface area contributed by atoms with Gasteiger partial charge in [-0.2, -0.15) is 0 Å². The van der Waals surface area contributed by atoms with Gasteiger partial charge in [0.2, 0.25) is 5.91 Å². The van der Waals surface area contributed by atoms with E-state index < -0.39 is 0 Å². The van der Waals surface area contributed by atoms with Crippen molar-refractivity contribution in [1.29, 1.82) is 0 Å². The van der Waals surface area contributed by atoms with Crippen LogP contribution in [0, 0.1) is 5.92 Å². The Morgan fingerprint density at radius 1 is 1.40 bits per heavy atom. The first kappa shape index (κ1) is 15.8. The maximum atomic E-state index is 12.3. The lowest BCUT2D eigenvalue weighted by Crippen LogP contribution is -2.52. The number of halogens is 2. The molecule has 1 amide bonds. The molecule has 0 spiro atoms.